The summed E-state index contributed by atoms with van der Waals surface area (Å²) in [5.74, 6) is -0.427. The molecule has 0 saturated carbocycles. The first-order chi connectivity index (χ1) is 6.06. The lowest BCUT2D eigenvalue weighted by Gasteiger charge is -2.06. The van der Waals surface area contributed by atoms with Crippen LogP contribution in [0.5, 0.6) is 0 Å². The predicted molar refractivity (Wildman–Crippen MR) is 50.4 cm³/mol. The van der Waals surface area contributed by atoms with E-state index >= 15 is 0 Å². The van der Waals surface area contributed by atoms with Crippen molar-refractivity contribution in [2.24, 2.45) is 0 Å². The number of hydrogen-bond donors (Lipinski definition) is 0. The highest BCUT2D eigenvalue weighted by atomic mass is 16.5. The third kappa shape index (κ3) is 7.50. The molecular weight excluding hydrogens is 168 g/mol. The van der Waals surface area contributed by atoms with Gasteiger partial charge in [0.1, 0.15) is 12.2 Å². The van der Waals surface area contributed by atoms with Crippen molar-refractivity contribution >= 4 is 11.8 Å². The third-order valence-corrected chi connectivity index (χ3v) is 1.52. The number of ether oxygens (including phenoxy) is 1. The summed E-state index contributed by atoms with van der Waals surface area (Å²) in [4.78, 5) is 22.1. The summed E-state index contributed by atoms with van der Waals surface area (Å²) in [7, 11) is 0. The summed E-state index contributed by atoms with van der Waals surface area (Å²) in [5, 5.41) is 0. The van der Waals surface area contributed by atoms with Gasteiger partial charge < -0.3 is 4.74 Å². The lowest BCUT2D eigenvalue weighted by molar-refractivity contribution is -0.149. The minimum absolute atomic E-state index is 0.0208. The number of carbonyl (C=O) groups is 2. The molecule has 0 atom stereocenters. The summed E-state index contributed by atoms with van der Waals surface area (Å²) in [6.45, 7) is 5.56. The molecule has 0 amide bonds. The number of rotatable bonds is 6. The van der Waals surface area contributed by atoms with Crippen LogP contribution < -0.4 is 0 Å². The Morgan fingerprint density at radius 2 is 1.92 bits per heavy atom. The Morgan fingerprint density at radius 1 is 1.31 bits per heavy atom. The van der Waals surface area contributed by atoms with Gasteiger partial charge >= 0.3 is 5.97 Å². The van der Waals surface area contributed by atoms with Gasteiger partial charge in [-0.05, 0) is 20.3 Å². The van der Waals surface area contributed by atoms with Gasteiger partial charge in [0, 0.05) is 6.42 Å². The van der Waals surface area contributed by atoms with E-state index in [2.05, 4.69) is 0 Å². The van der Waals surface area contributed by atoms with Crippen molar-refractivity contribution in [3.05, 3.63) is 0 Å². The maximum absolute atomic E-state index is 11.1. The largest absolute Gasteiger partial charge is 0.463 e. The fourth-order valence-corrected chi connectivity index (χ4v) is 0.928. The number of Topliss-reactive ketones (excluding diaryl/α,β-unsaturated/α-hetero) is 1. The standard InChI is InChI=1S/C10H18O3/c1-4-5-6-9(11)7-10(12)13-8(2)3/h8H,4-7H2,1-3H3. The minimum Gasteiger partial charge on any atom is -0.463 e. The number of carbonyl (C=O) groups excluding carboxylic acids is 2. The van der Waals surface area contributed by atoms with Gasteiger partial charge in [-0.1, -0.05) is 13.3 Å². The highest BCUT2D eigenvalue weighted by molar-refractivity contribution is 5.95. The van der Waals surface area contributed by atoms with Gasteiger partial charge in [0.05, 0.1) is 6.10 Å². The summed E-state index contributed by atoms with van der Waals surface area (Å²) in [6.07, 6.45) is 2.12. The van der Waals surface area contributed by atoms with Crippen LogP contribution in [0, 0.1) is 0 Å². The van der Waals surface area contributed by atoms with E-state index in [1.165, 1.54) is 0 Å². The Hall–Kier alpha value is -0.860. The van der Waals surface area contributed by atoms with E-state index < -0.39 is 5.97 Å². The van der Waals surface area contributed by atoms with E-state index in [0.717, 1.165) is 12.8 Å². The molecular formula is C10H18O3. The second-order valence-electron chi connectivity index (χ2n) is 3.36. The zero-order valence-electron chi connectivity index (χ0n) is 8.63. The molecule has 3 nitrogen and oxygen atoms in total. The van der Waals surface area contributed by atoms with Gasteiger partial charge in [0.15, 0.2) is 0 Å². The van der Waals surface area contributed by atoms with Gasteiger partial charge in [-0.25, -0.2) is 0 Å². The zero-order chi connectivity index (χ0) is 10.3. The molecule has 76 valence electrons. The molecule has 0 rings (SSSR count). The Balaban J connectivity index is 3.59. The van der Waals surface area contributed by atoms with Crippen molar-refractivity contribution in [1.82, 2.24) is 0 Å². The molecule has 0 aliphatic heterocycles. The normalized spacial score (nSPS) is 10.2. The van der Waals surface area contributed by atoms with Crippen LogP contribution in [0.1, 0.15) is 46.5 Å². The first kappa shape index (κ1) is 12.1. The maximum atomic E-state index is 11.1. The molecule has 3 heteroatoms. The van der Waals surface area contributed by atoms with Crippen molar-refractivity contribution in [3.63, 3.8) is 0 Å². The van der Waals surface area contributed by atoms with Crippen molar-refractivity contribution in [2.75, 3.05) is 0 Å². The second-order valence-corrected chi connectivity index (χ2v) is 3.36. The molecule has 0 fully saturated rings. The van der Waals surface area contributed by atoms with Crippen molar-refractivity contribution in [3.8, 4) is 0 Å². The molecule has 0 aliphatic carbocycles. The first-order valence-electron chi connectivity index (χ1n) is 4.77. The van der Waals surface area contributed by atoms with Crippen LogP contribution in [-0.4, -0.2) is 17.9 Å². The number of unbranched alkanes of at least 4 members (excludes halogenated alkanes) is 1. The third-order valence-electron chi connectivity index (χ3n) is 1.52. The van der Waals surface area contributed by atoms with Crippen LogP contribution in [0.4, 0.5) is 0 Å². The molecule has 0 N–H and O–H groups in total. The van der Waals surface area contributed by atoms with Crippen LogP contribution in [0.3, 0.4) is 0 Å². The number of ketones is 1. The number of hydrogen-bond acceptors (Lipinski definition) is 3. The Kier molecular flexibility index (Phi) is 6.20. The Bertz CT molecular complexity index is 173. The lowest BCUT2D eigenvalue weighted by Crippen LogP contribution is -2.15. The highest BCUT2D eigenvalue weighted by Crippen LogP contribution is 2.01. The molecule has 0 unspecified atom stereocenters. The summed E-state index contributed by atoms with van der Waals surface area (Å²) < 4.78 is 4.84. The lowest BCUT2D eigenvalue weighted by atomic mass is 10.1. The van der Waals surface area contributed by atoms with E-state index in [0.29, 0.717) is 6.42 Å². The molecule has 0 radical (unpaired) electrons. The monoisotopic (exact) mass is 186 g/mol. The molecule has 0 heterocycles. The number of esters is 1. The summed E-state index contributed by atoms with van der Waals surface area (Å²) >= 11 is 0. The first-order valence-corrected chi connectivity index (χ1v) is 4.77. The Morgan fingerprint density at radius 3 is 2.38 bits per heavy atom. The molecule has 0 bridgehead atoms. The van der Waals surface area contributed by atoms with E-state index in [1.54, 1.807) is 13.8 Å². The van der Waals surface area contributed by atoms with Gasteiger partial charge in [-0.3, -0.25) is 9.59 Å². The molecule has 0 aliphatic rings. The van der Waals surface area contributed by atoms with E-state index in [1.807, 2.05) is 6.92 Å². The fraction of sp³-hybridized carbons (Fsp3) is 0.800. The van der Waals surface area contributed by atoms with Gasteiger partial charge in [-0.15, -0.1) is 0 Å². The fourth-order valence-electron chi connectivity index (χ4n) is 0.928. The maximum Gasteiger partial charge on any atom is 0.313 e. The zero-order valence-corrected chi connectivity index (χ0v) is 8.63. The van der Waals surface area contributed by atoms with Crippen molar-refractivity contribution in [2.45, 2.75) is 52.6 Å². The topological polar surface area (TPSA) is 43.4 Å². The van der Waals surface area contributed by atoms with Crippen LogP contribution >= 0.6 is 0 Å². The smallest absolute Gasteiger partial charge is 0.313 e. The highest BCUT2D eigenvalue weighted by Gasteiger charge is 2.11. The van der Waals surface area contributed by atoms with E-state index in [4.69, 9.17) is 4.74 Å². The molecule has 13 heavy (non-hydrogen) atoms. The van der Waals surface area contributed by atoms with Gasteiger partial charge in [0.25, 0.3) is 0 Å². The van der Waals surface area contributed by atoms with E-state index in [9.17, 15) is 9.59 Å². The summed E-state index contributed by atoms with van der Waals surface area (Å²) in [5.41, 5.74) is 0. The van der Waals surface area contributed by atoms with Gasteiger partial charge in [-0.2, -0.15) is 0 Å². The quantitative estimate of drug-likeness (QED) is 0.471. The van der Waals surface area contributed by atoms with Crippen LogP contribution in [0.15, 0.2) is 0 Å². The van der Waals surface area contributed by atoms with Crippen molar-refractivity contribution < 1.29 is 14.3 Å². The summed E-state index contributed by atoms with van der Waals surface area (Å²) in [6, 6.07) is 0. The average molecular weight is 186 g/mol. The molecule has 0 aromatic heterocycles. The molecule has 0 aromatic carbocycles. The minimum atomic E-state index is -0.406. The van der Waals surface area contributed by atoms with Crippen LogP contribution in [0.2, 0.25) is 0 Å². The molecule has 0 aromatic rings. The SMILES string of the molecule is CCCCC(=O)CC(=O)OC(C)C. The van der Waals surface area contributed by atoms with Crippen LogP contribution in [0.25, 0.3) is 0 Å². The second kappa shape index (κ2) is 6.63. The average Bonchev–Trinajstić information content (AvgIpc) is 1.98. The van der Waals surface area contributed by atoms with Gasteiger partial charge in [0.2, 0.25) is 0 Å². The molecule has 0 spiro atoms. The van der Waals surface area contributed by atoms with Crippen LogP contribution in [-0.2, 0) is 14.3 Å². The molecule has 0 saturated heterocycles. The van der Waals surface area contributed by atoms with Crippen molar-refractivity contribution in [1.29, 1.82) is 0 Å². The Labute approximate surface area is 79.5 Å². The van der Waals surface area contributed by atoms with E-state index in [-0.39, 0.29) is 18.3 Å². The predicted octanol–water partition coefficient (Wildman–Crippen LogP) is 2.09.